The molecule has 1 rings (SSSR count). The Labute approximate surface area is 118 Å². The van der Waals surface area contributed by atoms with Crippen LogP contribution >= 0.6 is 0 Å². The van der Waals surface area contributed by atoms with Crippen molar-refractivity contribution in [1.82, 2.24) is 4.98 Å². The van der Waals surface area contributed by atoms with Crippen LogP contribution in [0.25, 0.3) is 0 Å². The second-order valence-electron chi connectivity index (χ2n) is 4.21. The molecule has 20 heavy (non-hydrogen) atoms. The van der Waals surface area contributed by atoms with Gasteiger partial charge in [-0.15, -0.1) is 0 Å². The van der Waals surface area contributed by atoms with Gasteiger partial charge in [0.25, 0.3) is 0 Å². The van der Waals surface area contributed by atoms with Gasteiger partial charge in [0.2, 0.25) is 0 Å². The van der Waals surface area contributed by atoms with Crippen molar-refractivity contribution in [2.75, 3.05) is 35.7 Å². The maximum absolute atomic E-state index is 12.8. The van der Waals surface area contributed by atoms with Crippen LogP contribution in [-0.4, -0.2) is 34.3 Å². The van der Waals surface area contributed by atoms with Crippen molar-refractivity contribution in [3.63, 3.8) is 0 Å². The topological polar surface area (TPSA) is 54.0 Å². The molecule has 4 nitrogen and oxygen atoms in total. The molecule has 0 fully saturated rings. The molecule has 0 spiro atoms. The van der Waals surface area contributed by atoms with Crippen molar-refractivity contribution in [3.8, 4) is 0 Å². The molecule has 0 amide bonds. The number of pyridine rings is 1. The van der Waals surface area contributed by atoms with E-state index < -0.39 is 22.5 Å². The molecule has 0 saturated heterocycles. The van der Waals surface area contributed by atoms with Gasteiger partial charge >= 0.3 is 6.18 Å². The SMILES string of the molecule is CCNc1cc(C(F)(F)F)cc(NCCCS(C)=O)n1. The number of nitrogens with zero attached hydrogens (tertiary/aromatic N) is 1. The molecule has 0 aliphatic rings. The van der Waals surface area contributed by atoms with E-state index in [0.717, 1.165) is 12.1 Å². The first-order valence-corrected chi connectivity index (χ1v) is 7.92. The molecule has 0 radical (unpaired) electrons. The van der Waals surface area contributed by atoms with Gasteiger partial charge in [-0.3, -0.25) is 4.21 Å². The van der Waals surface area contributed by atoms with Gasteiger partial charge in [0.15, 0.2) is 0 Å². The van der Waals surface area contributed by atoms with Crippen LogP contribution in [-0.2, 0) is 17.0 Å². The Bertz CT molecular complexity index is 466. The number of halogens is 3. The van der Waals surface area contributed by atoms with E-state index in [0.29, 0.717) is 25.3 Å². The molecular formula is C12H18F3N3OS. The summed E-state index contributed by atoms with van der Waals surface area (Å²) in [6.45, 7) is 2.70. The standard InChI is InChI=1S/C12H18F3N3OS/c1-3-16-10-7-9(12(13,14)15)8-11(18-10)17-5-4-6-20(2)19/h7-8H,3-6H2,1-2H3,(H2,16,17,18). The van der Waals surface area contributed by atoms with Crippen molar-refractivity contribution in [3.05, 3.63) is 17.7 Å². The van der Waals surface area contributed by atoms with Gasteiger partial charge in [-0.25, -0.2) is 4.98 Å². The molecule has 2 N–H and O–H groups in total. The van der Waals surface area contributed by atoms with Crippen LogP contribution in [0.3, 0.4) is 0 Å². The summed E-state index contributed by atoms with van der Waals surface area (Å²) in [7, 11) is -0.902. The summed E-state index contributed by atoms with van der Waals surface area (Å²) in [5, 5.41) is 5.60. The van der Waals surface area contributed by atoms with E-state index >= 15 is 0 Å². The summed E-state index contributed by atoms with van der Waals surface area (Å²) in [5.41, 5.74) is -0.745. The number of rotatable bonds is 7. The summed E-state index contributed by atoms with van der Waals surface area (Å²) in [5.74, 6) is 0.855. The number of alkyl halides is 3. The van der Waals surface area contributed by atoms with Crippen molar-refractivity contribution in [2.24, 2.45) is 0 Å². The van der Waals surface area contributed by atoms with E-state index in [4.69, 9.17) is 0 Å². The van der Waals surface area contributed by atoms with Gasteiger partial charge in [0.1, 0.15) is 11.6 Å². The third-order valence-corrected chi connectivity index (χ3v) is 3.29. The lowest BCUT2D eigenvalue weighted by molar-refractivity contribution is -0.137. The molecule has 0 aliphatic heterocycles. The van der Waals surface area contributed by atoms with Crippen molar-refractivity contribution < 1.29 is 17.4 Å². The molecular weight excluding hydrogens is 291 g/mol. The van der Waals surface area contributed by atoms with E-state index in [2.05, 4.69) is 15.6 Å². The second kappa shape index (κ2) is 7.47. The molecule has 1 atom stereocenters. The molecule has 0 aromatic carbocycles. The molecule has 0 saturated carbocycles. The predicted octanol–water partition coefficient (Wildman–Crippen LogP) is 2.71. The summed E-state index contributed by atoms with van der Waals surface area (Å²) in [6.07, 6.45) is -2.21. The fourth-order valence-corrected chi connectivity index (χ4v) is 2.10. The van der Waals surface area contributed by atoms with Gasteiger partial charge < -0.3 is 10.6 Å². The first-order valence-electron chi connectivity index (χ1n) is 6.20. The Kier molecular flexibility index (Phi) is 6.25. The lowest BCUT2D eigenvalue weighted by Gasteiger charge is -2.13. The van der Waals surface area contributed by atoms with Crippen LogP contribution in [0.4, 0.5) is 24.8 Å². The first kappa shape index (κ1) is 16.7. The summed E-state index contributed by atoms with van der Waals surface area (Å²) >= 11 is 0. The molecule has 1 heterocycles. The number of anilines is 2. The average Bonchev–Trinajstić information content (AvgIpc) is 2.33. The third-order valence-electron chi connectivity index (χ3n) is 2.43. The largest absolute Gasteiger partial charge is 0.416 e. The van der Waals surface area contributed by atoms with E-state index in [1.165, 1.54) is 0 Å². The van der Waals surface area contributed by atoms with E-state index in [1.807, 2.05) is 0 Å². The van der Waals surface area contributed by atoms with Crippen LogP contribution in [0.1, 0.15) is 18.9 Å². The molecule has 0 bridgehead atoms. The van der Waals surface area contributed by atoms with Gasteiger partial charge in [0, 0.05) is 35.9 Å². The van der Waals surface area contributed by atoms with Crippen LogP contribution < -0.4 is 10.6 Å². The first-order chi connectivity index (χ1) is 9.32. The van der Waals surface area contributed by atoms with Gasteiger partial charge in [-0.2, -0.15) is 13.2 Å². The van der Waals surface area contributed by atoms with Crippen LogP contribution in [0.5, 0.6) is 0 Å². The van der Waals surface area contributed by atoms with Gasteiger partial charge in [0.05, 0.1) is 5.56 Å². The van der Waals surface area contributed by atoms with Crippen molar-refractivity contribution >= 4 is 22.4 Å². The Morgan fingerprint density at radius 2 is 1.85 bits per heavy atom. The Morgan fingerprint density at radius 1 is 1.25 bits per heavy atom. The highest BCUT2D eigenvalue weighted by Gasteiger charge is 2.31. The molecule has 1 unspecified atom stereocenters. The summed E-state index contributed by atoms with van der Waals surface area (Å²) < 4.78 is 49.2. The van der Waals surface area contributed by atoms with Crippen LogP contribution in [0, 0.1) is 0 Å². The van der Waals surface area contributed by atoms with E-state index in [-0.39, 0.29) is 11.6 Å². The Morgan fingerprint density at radius 3 is 2.35 bits per heavy atom. The highest BCUT2D eigenvalue weighted by atomic mass is 32.2. The highest BCUT2D eigenvalue weighted by Crippen LogP contribution is 2.32. The molecule has 114 valence electrons. The lowest BCUT2D eigenvalue weighted by atomic mass is 10.2. The molecule has 1 aromatic heterocycles. The minimum atomic E-state index is -4.41. The minimum Gasteiger partial charge on any atom is -0.370 e. The van der Waals surface area contributed by atoms with Crippen molar-refractivity contribution in [2.45, 2.75) is 19.5 Å². The number of nitrogens with one attached hydrogen (secondary N) is 2. The monoisotopic (exact) mass is 309 g/mol. The fraction of sp³-hybridized carbons (Fsp3) is 0.583. The number of hydrogen-bond donors (Lipinski definition) is 2. The summed E-state index contributed by atoms with van der Waals surface area (Å²) in [6, 6.07) is 1.96. The second-order valence-corrected chi connectivity index (χ2v) is 5.77. The molecule has 1 aromatic rings. The van der Waals surface area contributed by atoms with Crippen LogP contribution in [0.15, 0.2) is 12.1 Å². The smallest absolute Gasteiger partial charge is 0.370 e. The normalized spacial score (nSPS) is 13.1. The van der Waals surface area contributed by atoms with E-state index in [9.17, 15) is 17.4 Å². The Balaban J connectivity index is 2.78. The van der Waals surface area contributed by atoms with E-state index in [1.54, 1.807) is 13.2 Å². The predicted molar refractivity (Wildman–Crippen MR) is 75.4 cm³/mol. The van der Waals surface area contributed by atoms with Gasteiger partial charge in [-0.05, 0) is 25.5 Å². The lowest BCUT2D eigenvalue weighted by Crippen LogP contribution is -2.12. The maximum atomic E-state index is 12.8. The van der Waals surface area contributed by atoms with Crippen LogP contribution in [0.2, 0.25) is 0 Å². The number of hydrogen-bond acceptors (Lipinski definition) is 4. The zero-order chi connectivity index (χ0) is 15.2. The number of aromatic nitrogens is 1. The quantitative estimate of drug-likeness (QED) is 0.761. The third kappa shape index (κ3) is 5.77. The zero-order valence-corrected chi connectivity index (χ0v) is 12.2. The highest BCUT2D eigenvalue weighted by molar-refractivity contribution is 7.84. The average molecular weight is 309 g/mol. The maximum Gasteiger partial charge on any atom is 0.416 e. The fourth-order valence-electron chi connectivity index (χ4n) is 1.55. The zero-order valence-electron chi connectivity index (χ0n) is 11.4. The van der Waals surface area contributed by atoms with Gasteiger partial charge in [-0.1, -0.05) is 0 Å². The Hall–Kier alpha value is -1.31. The molecule has 0 aliphatic carbocycles. The molecule has 8 heteroatoms. The summed E-state index contributed by atoms with van der Waals surface area (Å²) in [4.78, 5) is 4.06. The van der Waals surface area contributed by atoms with Crippen molar-refractivity contribution in [1.29, 1.82) is 0 Å². The minimum absolute atomic E-state index is 0.165.